The number of anilines is 1. The zero-order chi connectivity index (χ0) is 16.5. The van der Waals surface area contributed by atoms with Gasteiger partial charge in [-0.05, 0) is 24.3 Å². The lowest BCUT2D eigenvalue weighted by Gasteiger charge is -2.23. The van der Waals surface area contributed by atoms with Gasteiger partial charge in [-0.1, -0.05) is 17.7 Å². The number of nitrogens with zero attached hydrogens (tertiary/aromatic N) is 4. The molecule has 0 unspecified atom stereocenters. The van der Waals surface area contributed by atoms with E-state index < -0.39 is 0 Å². The maximum Gasteiger partial charge on any atom is 0.410 e. The molecule has 0 bridgehead atoms. The highest BCUT2D eigenvalue weighted by Crippen LogP contribution is 2.32. The third-order valence-electron chi connectivity index (χ3n) is 4.50. The van der Waals surface area contributed by atoms with E-state index in [-0.39, 0.29) is 18.2 Å². The normalized spacial score (nSPS) is 22.6. The fourth-order valence-electron chi connectivity index (χ4n) is 3.33. The molecule has 0 spiro atoms. The Labute approximate surface area is 145 Å². The fourth-order valence-corrected chi connectivity index (χ4v) is 3.57. The second-order valence-electron chi connectivity index (χ2n) is 5.97. The first kappa shape index (κ1) is 15.2. The molecule has 2 aliphatic heterocycles. The standard InChI is InChI=1S/C17H17ClN4O2/c18-13-5-3-8-20-16(13)21-10-14-15(11-21)24-17(23)22(14)9-6-12-4-1-2-7-19-12/h1-5,7-8,14-15H,6,9-11H2/t14-,15+/m0/s1. The minimum absolute atomic E-state index is 0.0271. The molecule has 124 valence electrons. The van der Waals surface area contributed by atoms with Gasteiger partial charge in [0.15, 0.2) is 0 Å². The van der Waals surface area contributed by atoms with Crippen LogP contribution in [0.25, 0.3) is 0 Å². The summed E-state index contributed by atoms with van der Waals surface area (Å²) >= 11 is 6.23. The van der Waals surface area contributed by atoms with Crippen molar-refractivity contribution >= 4 is 23.5 Å². The number of hydrogen-bond donors (Lipinski definition) is 0. The average Bonchev–Trinajstić information content (AvgIpc) is 3.11. The van der Waals surface area contributed by atoms with Crippen molar-refractivity contribution in [2.24, 2.45) is 0 Å². The van der Waals surface area contributed by atoms with E-state index in [0.29, 0.717) is 31.1 Å². The van der Waals surface area contributed by atoms with Crippen LogP contribution in [-0.4, -0.2) is 52.7 Å². The number of aromatic nitrogens is 2. The minimum Gasteiger partial charge on any atom is -0.442 e. The van der Waals surface area contributed by atoms with Gasteiger partial charge in [0.2, 0.25) is 0 Å². The molecule has 0 aliphatic carbocycles. The van der Waals surface area contributed by atoms with Gasteiger partial charge in [0.05, 0.1) is 17.6 Å². The molecule has 1 amide bonds. The number of halogens is 1. The first-order chi connectivity index (χ1) is 11.7. The highest BCUT2D eigenvalue weighted by molar-refractivity contribution is 6.32. The van der Waals surface area contributed by atoms with Gasteiger partial charge in [0.1, 0.15) is 11.9 Å². The Bertz CT molecular complexity index is 742. The molecule has 2 saturated heterocycles. The van der Waals surface area contributed by atoms with E-state index in [2.05, 4.69) is 14.9 Å². The number of carbonyl (C=O) groups is 1. The van der Waals surface area contributed by atoms with Crippen molar-refractivity contribution in [2.45, 2.75) is 18.6 Å². The van der Waals surface area contributed by atoms with Crippen LogP contribution in [0.15, 0.2) is 42.7 Å². The molecule has 2 aromatic heterocycles. The fraction of sp³-hybridized carbons (Fsp3) is 0.353. The van der Waals surface area contributed by atoms with Crippen molar-refractivity contribution in [3.63, 3.8) is 0 Å². The van der Waals surface area contributed by atoms with Crippen LogP contribution in [0.5, 0.6) is 0 Å². The van der Waals surface area contributed by atoms with Gasteiger partial charge in [-0.3, -0.25) is 9.88 Å². The van der Waals surface area contributed by atoms with E-state index in [1.54, 1.807) is 17.3 Å². The van der Waals surface area contributed by atoms with Gasteiger partial charge < -0.3 is 9.64 Å². The second-order valence-corrected chi connectivity index (χ2v) is 6.38. The maximum absolute atomic E-state index is 12.1. The Morgan fingerprint density at radius 1 is 1.17 bits per heavy atom. The van der Waals surface area contributed by atoms with Gasteiger partial charge >= 0.3 is 6.09 Å². The van der Waals surface area contributed by atoms with Crippen LogP contribution in [0.4, 0.5) is 10.6 Å². The maximum atomic E-state index is 12.1. The van der Waals surface area contributed by atoms with E-state index in [0.717, 1.165) is 11.5 Å². The number of hydrogen-bond acceptors (Lipinski definition) is 5. The van der Waals surface area contributed by atoms with E-state index in [4.69, 9.17) is 16.3 Å². The van der Waals surface area contributed by atoms with E-state index in [1.165, 1.54) is 0 Å². The van der Waals surface area contributed by atoms with Crippen LogP contribution in [0.2, 0.25) is 5.02 Å². The molecule has 7 heteroatoms. The predicted molar refractivity (Wildman–Crippen MR) is 90.2 cm³/mol. The first-order valence-corrected chi connectivity index (χ1v) is 8.33. The molecule has 0 N–H and O–H groups in total. The summed E-state index contributed by atoms with van der Waals surface area (Å²) in [6.07, 6.45) is 3.82. The summed E-state index contributed by atoms with van der Waals surface area (Å²) in [5, 5.41) is 0.615. The van der Waals surface area contributed by atoms with Gasteiger partial charge in [0, 0.05) is 37.6 Å². The Balaban J connectivity index is 1.46. The number of ether oxygens (including phenoxy) is 1. The number of fused-ring (bicyclic) bond motifs is 1. The number of rotatable bonds is 4. The highest BCUT2D eigenvalue weighted by Gasteiger charge is 2.48. The number of amides is 1. The van der Waals surface area contributed by atoms with Gasteiger partial charge in [-0.15, -0.1) is 0 Å². The van der Waals surface area contributed by atoms with Crippen molar-refractivity contribution in [1.29, 1.82) is 0 Å². The van der Waals surface area contributed by atoms with Crippen LogP contribution in [0, 0.1) is 0 Å². The van der Waals surface area contributed by atoms with Crippen molar-refractivity contribution in [3.8, 4) is 0 Å². The van der Waals surface area contributed by atoms with Gasteiger partial charge in [-0.2, -0.15) is 0 Å². The third kappa shape index (κ3) is 2.78. The molecule has 6 nitrogen and oxygen atoms in total. The predicted octanol–water partition coefficient (Wildman–Crippen LogP) is 2.38. The summed E-state index contributed by atoms with van der Waals surface area (Å²) in [5.41, 5.74) is 0.969. The Morgan fingerprint density at radius 3 is 2.83 bits per heavy atom. The van der Waals surface area contributed by atoms with Crippen LogP contribution in [-0.2, 0) is 11.2 Å². The zero-order valence-corrected chi connectivity index (χ0v) is 13.8. The molecule has 2 atom stereocenters. The SMILES string of the molecule is O=C1O[C@@H]2CN(c3ncccc3Cl)C[C@@H]2N1CCc1ccccn1. The molecule has 0 aromatic carbocycles. The molecule has 0 saturated carbocycles. The van der Waals surface area contributed by atoms with Gasteiger partial charge in [0.25, 0.3) is 0 Å². The van der Waals surface area contributed by atoms with Crippen molar-refractivity contribution in [3.05, 3.63) is 53.4 Å². The summed E-state index contributed by atoms with van der Waals surface area (Å²) in [6, 6.07) is 9.46. The lowest BCUT2D eigenvalue weighted by Crippen LogP contribution is -2.39. The molecule has 0 radical (unpaired) electrons. The van der Waals surface area contributed by atoms with E-state index >= 15 is 0 Å². The summed E-state index contributed by atoms with van der Waals surface area (Å²) in [5.74, 6) is 0.745. The van der Waals surface area contributed by atoms with E-state index in [9.17, 15) is 4.79 Å². The Kier molecular flexibility index (Phi) is 3.98. The molecular weight excluding hydrogens is 328 g/mol. The highest BCUT2D eigenvalue weighted by atomic mass is 35.5. The quantitative estimate of drug-likeness (QED) is 0.852. The summed E-state index contributed by atoms with van der Waals surface area (Å²) in [6.45, 7) is 1.89. The van der Waals surface area contributed by atoms with Crippen molar-refractivity contribution in [2.75, 3.05) is 24.5 Å². The molecular formula is C17H17ClN4O2. The smallest absolute Gasteiger partial charge is 0.410 e. The summed E-state index contributed by atoms with van der Waals surface area (Å²) in [7, 11) is 0. The molecule has 4 heterocycles. The lowest BCUT2D eigenvalue weighted by molar-refractivity contribution is 0.136. The molecule has 2 aliphatic rings. The summed E-state index contributed by atoms with van der Waals surface area (Å²) < 4.78 is 5.53. The second kappa shape index (κ2) is 6.28. The van der Waals surface area contributed by atoms with Crippen LogP contribution in [0.1, 0.15) is 5.69 Å². The molecule has 24 heavy (non-hydrogen) atoms. The topological polar surface area (TPSA) is 58.6 Å². The van der Waals surface area contributed by atoms with Crippen molar-refractivity contribution < 1.29 is 9.53 Å². The van der Waals surface area contributed by atoms with Crippen LogP contribution >= 0.6 is 11.6 Å². The number of pyridine rings is 2. The van der Waals surface area contributed by atoms with Crippen molar-refractivity contribution in [1.82, 2.24) is 14.9 Å². The number of carbonyl (C=O) groups excluding carboxylic acids is 1. The molecule has 2 aromatic rings. The average molecular weight is 345 g/mol. The van der Waals surface area contributed by atoms with E-state index in [1.807, 2.05) is 30.3 Å². The third-order valence-corrected chi connectivity index (χ3v) is 4.79. The van der Waals surface area contributed by atoms with Gasteiger partial charge in [-0.25, -0.2) is 9.78 Å². The Hall–Kier alpha value is -2.34. The lowest BCUT2D eigenvalue weighted by atomic mass is 10.2. The first-order valence-electron chi connectivity index (χ1n) is 7.95. The molecule has 2 fully saturated rings. The minimum atomic E-state index is -0.243. The largest absolute Gasteiger partial charge is 0.442 e. The zero-order valence-electron chi connectivity index (χ0n) is 13.0. The Morgan fingerprint density at radius 2 is 2.04 bits per heavy atom. The van der Waals surface area contributed by atoms with Crippen LogP contribution in [0.3, 0.4) is 0 Å². The summed E-state index contributed by atoms with van der Waals surface area (Å²) in [4.78, 5) is 24.7. The monoisotopic (exact) mass is 344 g/mol. The van der Waals surface area contributed by atoms with Crippen LogP contribution < -0.4 is 4.90 Å². The molecule has 4 rings (SSSR count).